The summed E-state index contributed by atoms with van der Waals surface area (Å²) < 4.78 is 0. The van der Waals surface area contributed by atoms with Gasteiger partial charge >= 0.3 is 11.8 Å². The number of likely N-dealkylation sites (tertiary alicyclic amines) is 1. The van der Waals surface area contributed by atoms with Gasteiger partial charge < -0.3 is 15.5 Å². The molecule has 3 amide bonds. The molecule has 31 heavy (non-hydrogen) atoms. The van der Waals surface area contributed by atoms with Crippen molar-refractivity contribution in [2.45, 2.75) is 19.8 Å². The number of aromatic nitrogens is 1. The molecule has 2 heterocycles. The number of nitro benzene ring substituents is 1. The number of rotatable bonds is 5. The third-order valence-corrected chi connectivity index (χ3v) is 5.24. The van der Waals surface area contributed by atoms with Crippen LogP contribution in [0.1, 0.15) is 28.8 Å². The number of nitrogens with zero attached hydrogens (tertiary/aromatic N) is 3. The molecule has 162 valence electrons. The Balaban J connectivity index is 1.44. The molecule has 1 saturated heterocycles. The van der Waals surface area contributed by atoms with Crippen molar-refractivity contribution >= 4 is 29.1 Å². The predicted molar refractivity (Wildman–Crippen MR) is 112 cm³/mol. The lowest BCUT2D eigenvalue weighted by Gasteiger charge is -2.32. The molecular formula is C21H23N5O5. The van der Waals surface area contributed by atoms with E-state index in [1.165, 1.54) is 18.2 Å². The third kappa shape index (κ3) is 5.62. The van der Waals surface area contributed by atoms with E-state index in [9.17, 15) is 24.5 Å². The van der Waals surface area contributed by atoms with Crippen LogP contribution in [0.3, 0.4) is 0 Å². The second-order valence-corrected chi connectivity index (χ2v) is 7.40. The van der Waals surface area contributed by atoms with Crippen molar-refractivity contribution in [1.82, 2.24) is 15.2 Å². The predicted octanol–water partition coefficient (Wildman–Crippen LogP) is 1.91. The van der Waals surface area contributed by atoms with E-state index in [1.54, 1.807) is 36.4 Å². The molecule has 0 spiro atoms. The van der Waals surface area contributed by atoms with Gasteiger partial charge in [0.1, 0.15) is 0 Å². The fraction of sp³-hybridized carbons (Fsp3) is 0.333. The summed E-state index contributed by atoms with van der Waals surface area (Å²) >= 11 is 0. The molecule has 0 bridgehead atoms. The van der Waals surface area contributed by atoms with E-state index in [1.807, 2.05) is 0 Å². The molecule has 0 unspecified atom stereocenters. The zero-order valence-corrected chi connectivity index (χ0v) is 17.0. The molecule has 2 aromatic rings. The Morgan fingerprint density at radius 3 is 2.55 bits per heavy atom. The third-order valence-electron chi connectivity index (χ3n) is 5.24. The lowest BCUT2D eigenvalue weighted by atomic mass is 9.96. The summed E-state index contributed by atoms with van der Waals surface area (Å²) in [5.41, 5.74) is 1.29. The van der Waals surface area contributed by atoms with Gasteiger partial charge in [-0.25, -0.2) is 0 Å². The van der Waals surface area contributed by atoms with E-state index in [0.717, 1.165) is 12.8 Å². The highest BCUT2D eigenvalue weighted by Crippen LogP contribution is 2.21. The van der Waals surface area contributed by atoms with Crippen LogP contribution in [-0.2, 0) is 9.59 Å². The number of amides is 3. The number of hydrogen-bond acceptors (Lipinski definition) is 6. The van der Waals surface area contributed by atoms with Crippen LogP contribution in [0.5, 0.6) is 0 Å². The normalized spacial score (nSPS) is 14.0. The molecule has 1 fully saturated rings. The fourth-order valence-corrected chi connectivity index (χ4v) is 3.41. The molecule has 1 aromatic carbocycles. The van der Waals surface area contributed by atoms with Crippen molar-refractivity contribution in [2.75, 3.05) is 25.0 Å². The van der Waals surface area contributed by atoms with Crippen LogP contribution in [0.2, 0.25) is 0 Å². The molecule has 0 radical (unpaired) electrons. The lowest BCUT2D eigenvalue weighted by molar-refractivity contribution is -0.384. The van der Waals surface area contributed by atoms with Crippen LogP contribution >= 0.6 is 0 Å². The van der Waals surface area contributed by atoms with Crippen LogP contribution in [0.15, 0.2) is 42.7 Å². The number of anilines is 1. The maximum Gasteiger partial charge on any atom is 0.313 e. The van der Waals surface area contributed by atoms with Gasteiger partial charge in [-0.3, -0.25) is 29.5 Å². The number of nitro groups is 1. The van der Waals surface area contributed by atoms with Crippen LogP contribution in [0, 0.1) is 23.0 Å². The van der Waals surface area contributed by atoms with E-state index in [0.29, 0.717) is 36.4 Å². The smallest absolute Gasteiger partial charge is 0.313 e. The van der Waals surface area contributed by atoms with Gasteiger partial charge in [0.25, 0.3) is 11.6 Å². The molecule has 10 nitrogen and oxygen atoms in total. The van der Waals surface area contributed by atoms with Crippen molar-refractivity contribution in [3.05, 3.63) is 64.0 Å². The molecule has 1 aliphatic heterocycles. The maximum atomic E-state index is 12.4. The van der Waals surface area contributed by atoms with Gasteiger partial charge in [0.15, 0.2) is 0 Å². The first-order valence-corrected chi connectivity index (χ1v) is 9.88. The topological polar surface area (TPSA) is 135 Å². The second kappa shape index (κ2) is 9.79. The minimum absolute atomic E-state index is 0.0616. The Morgan fingerprint density at radius 2 is 1.94 bits per heavy atom. The van der Waals surface area contributed by atoms with Crippen LogP contribution < -0.4 is 10.6 Å². The van der Waals surface area contributed by atoms with Crippen molar-refractivity contribution in [3.63, 3.8) is 0 Å². The highest BCUT2D eigenvalue weighted by atomic mass is 16.6. The molecule has 3 rings (SSSR count). The number of nitrogens with one attached hydrogen (secondary N) is 2. The van der Waals surface area contributed by atoms with Gasteiger partial charge in [-0.2, -0.15) is 0 Å². The summed E-state index contributed by atoms with van der Waals surface area (Å²) in [6.45, 7) is 3.09. The summed E-state index contributed by atoms with van der Waals surface area (Å²) in [5, 5.41) is 15.9. The van der Waals surface area contributed by atoms with Crippen molar-refractivity contribution in [1.29, 1.82) is 0 Å². The van der Waals surface area contributed by atoms with Crippen LogP contribution in [-0.4, -0.2) is 52.2 Å². The van der Waals surface area contributed by atoms with E-state index in [4.69, 9.17) is 0 Å². The van der Waals surface area contributed by atoms with E-state index < -0.39 is 16.7 Å². The Hall–Kier alpha value is -3.82. The minimum Gasteiger partial charge on any atom is -0.348 e. The molecule has 0 aliphatic carbocycles. The monoisotopic (exact) mass is 425 g/mol. The number of aryl methyl sites for hydroxylation is 1. The van der Waals surface area contributed by atoms with Gasteiger partial charge in [0, 0.05) is 49.8 Å². The number of carbonyl (C=O) groups is 3. The molecule has 0 atom stereocenters. The minimum atomic E-state index is -0.832. The van der Waals surface area contributed by atoms with Gasteiger partial charge in [0.05, 0.1) is 10.5 Å². The highest BCUT2D eigenvalue weighted by Gasteiger charge is 2.25. The molecule has 0 saturated carbocycles. The number of hydrogen-bond donors (Lipinski definition) is 2. The second-order valence-electron chi connectivity index (χ2n) is 7.40. The summed E-state index contributed by atoms with van der Waals surface area (Å²) in [4.78, 5) is 52.7. The van der Waals surface area contributed by atoms with Crippen molar-refractivity contribution < 1.29 is 19.3 Å². The lowest BCUT2D eigenvalue weighted by Crippen LogP contribution is -2.43. The van der Waals surface area contributed by atoms with E-state index >= 15 is 0 Å². The zero-order chi connectivity index (χ0) is 22.4. The van der Waals surface area contributed by atoms with Crippen molar-refractivity contribution in [2.24, 2.45) is 5.92 Å². The summed E-state index contributed by atoms with van der Waals surface area (Å²) in [5.74, 6) is -1.50. The molecule has 1 aromatic heterocycles. The average Bonchev–Trinajstić information content (AvgIpc) is 2.79. The molecule has 10 heteroatoms. The summed E-state index contributed by atoms with van der Waals surface area (Å²) in [7, 11) is 0. The summed E-state index contributed by atoms with van der Waals surface area (Å²) in [6, 6.07) is 7.44. The first-order valence-electron chi connectivity index (χ1n) is 9.88. The van der Waals surface area contributed by atoms with Gasteiger partial charge in [-0.05, 0) is 49.4 Å². The van der Waals surface area contributed by atoms with E-state index in [-0.39, 0.29) is 17.5 Å². The first kappa shape index (κ1) is 21.9. The number of non-ortho nitro benzene ring substituents is 1. The van der Waals surface area contributed by atoms with E-state index in [2.05, 4.69) is 15.6 Å². The fourth-order valence-electron chi connectivity index (χ4n) is 3.41. The largest absolute Gasteiger partial charge is 0.348 e. The number of piperidine rings is 1. The average molecular weight is 425 g/mol. The molecule has 2 N–H and O–H groups in total. The maximum absolute atomic E-state index is 12.4. The Kier molecular flexibility index (Phi) is 6.91. The highest BCUT2D eigenvalue weighted by molar-refractivity contribution is 6.39. The van der Waals surface area contributed by atoms with Crippen LogP contribution in [0.25, 0.3) is 0 Å². The first-order chi connectivity index (χ1) is 14.8. The zero-order valence-electron chi connectivity index (χ0n) is 17.0. The van der Waals surface area contributed by atoms with Crippen molar-refractivity contribution in [3.8, 4) is 0 Å². The van der Waals surface area contributed by atoms with Gasteiger partial charge in [0.2, 0.25) is 0 Å². The Morgan fingerprint density at radius 1 is 1.19 bits per heavy atom. The number of carbonyl (C=O) groups excluding carboxylic acids is 3. The Bertz CT molecular complexity index is 987. The quantitative estimate of drug-likeness (QED) is 0.427. The van der Waals surface area contributed by atoms with Gasteiger partial charge in [-0.1, -0.05) is 0 Å². The summed E-state index contributed by atoms with van der Waals surface area (Å²) in [6.07, 6.45) is 4.59. The number of pyridine rings is 1. The SMILES string of the molecule is Cc1cc([N+](=O)[O-])ccc1NC(=O)C(=O)NCC1CCN(C(=O)c2cccnc2)CC1. The Labute approximate surface area is 178 Å². The van der Waals surface area contributed by atoms with Crippen LogP contribution in [0.4, 0.5) is 11.4 Å². The standard InChI is InChI=1S/C21H23N5O5/c1-14-11-17(26(30)31)4-5-18(14)24-20(28)19(27)23-12-15-6-9-25(10-7-15)21(29)16-3-2-8-22-13-16/h2-5,8,11,13,15H,6-7,9-10,12H2,1H3,(H,23,27)(H,24,28). The van der Waals surface area contributed by atoms with Gasteiger partial charge in [-0.15, -0.1) is 0 Å². The number of benzene rings is 1. The molecule has 1 aliphatic rings. The molecular weight excluding hydrogens is 402 g/mol.